The van der Waals surface area contributed by atoms with Crippen molar-refractivity contribution >= 4 is 39.9 Å². The van der Waals surface area contributed by atoms with E-state index in [0.29, 0.717) is 15.9 Å². The molecule has 3 aromatic rings. The van der Waals surface area contributed by atoms with Crippen LogP contribution in [-0.4, -0.2) is 17.0 Å². The Bertz CT molecular complexity index is 787. The van der Waals surface area contributed by atoms with Crippen LogP contribution in [0.2, 0.25) is 10.0 Å². The van der Waals surface area contributed by atoms with Crippen LogP contribution in [0.5, 0.6) is 0 Å². The van der Waals surface area contributed by atoms with Crippen LogP contribution >= 0.6 is 23.2 Å². The molecule has 2 aromatic carbocycles. The van der Waals surface area contributed by atoms with Gasteiger partial charge in [-0.2, -0.15) is 0 Å². The number of benzene rings is 2. The summed E-state index contributed by atoms with van der Waals surface area (Å²) in [5.74, 6) is 1.35. The first kappa shape index (κ1) is 13.2. The minimum atomic E-state index is 0.537. The van der Waals surface area contributed by atoms with E-state index in [9.17, 15) is 0 Å². The Hall–Kier alpha value is -1.84. The van der Waals surface area contributed by atoms with Crippen LogP contribution < -0.4 is 5.32 Å². The lowest BCUT2D eigenvalue weighted by molar-refractivity contribution is 1.21. The molecule has 1 heterocycles. The highest BCUT2D eigenvalue weighted by Crippen LogP contribution is 2.30. The summed E-state index contributed by atoms with van der Waals surface area (Å²) in [5, 5.41) is 5.19. The van der Waals surface area contributed by atoms with Crippen molar-refractivity contribution in [1.82, 2.24) is 9.97 Å². The molecule has 1 aromatic heterocycles. The molecule has 5 heteroatoms. The first-order valence-corrected chi connectivity index (χ1v) is 6.84. The second-order valence-electron chi connectivity index (χ2n) is 4.29. The molecule has 0 atom stereocenters. The van der Waals surface area contributed by atoms with Crippen LogP contribution in [0.3, 0.4) is 0 Å². The number of hydrogen-bond acceptors (Lipinski definition) is 3. The molecule has 0 saturated heterocycles. The van der Waals surface area contributed by atoms with Crippen LogP contribution in [-0.2, 0) is 0 Å². The maximum Gasteiger partial charge on any atom is 0.163 e. The van der Waals surface area contributed by atoms with Crippen LogP contribution in [0, 0.1) is 0 Å². The summed E-state index contributed by atoms with van der Waals surface area (Å²) in [6.07, 6.45) is 0. The average Bonchev–Trinajstić information content (AvgIpc) is 2.46. The van der Waals surface area contributed by atoms with Gasteiger partial charge >= 0.3 is 0 Å². The average molecular weight is 304 g/mol. The summed E-state index contributed by atoms with van der Waals surface area (Å²) in [6, 6.07) is 13.1. The van der Waals surface area contributed by atoms with Crippen LogP contribution in [0.1, 0.15) is 0 Å². The number of para-hydroxylation sites is 1. The molecule has 0 amide bonds. The van der Waals surface area contributed by atoms with E-state index >= 15 is 0 Å². The normalized spacial score (nSPS) is 10.8. The predicted molar refractivity (Wildman–Crippen MR) is 84.5 cm³/mol. The van der Waals surface area contributed by atoms with Crippen molar-refractivity contribution in [3.05, 3.63) is 52.5 Å². The Morgan fingerprint density at radius 1 is 1.00 bits per heavy atom. The van der Waals surface area contributed by atoms with Gasteiger partial charge in [0.15, 0.2) is 5.82 Å². The molecule has 0 aliphatic heterocycles. The number of nitrogens with zero attached hydrogens (tertiary/aromatic N) is 2. The maximum absolute atomic E-state index is 6.23. The highest BCUT2D eigenvalue weighted by molar-refractivity contribution is 6.36. The standard InChI is InChI=1S/C15H11Cl2N3/c1-18-14-11-4-2-3-5-13(11)19-15(20-14)10-7-6-9(16)8-12(10)17/h2-8H,1H3,(H,18,19,20). The summed E-state index contributed by atoms with van der Waals surface area (Å²) < 4.78 is 0. The van der Waals surface area contributed by atoms with E-state index in [-0.39, 0.29) is 0 Å². The third-order valence-corrected chi connectivity index (χ3v) is 3.56. The highest BCUT2D eigenvalue weighted by Gasteiger charge is 2.11. The summed E-state index contributed by atoms with van der Waals surface area (Å²) in [6.45, 7) is 0. The first-order valence-electron chi connectivity index (χ1n) is 6.09. The molecule has 0 spiro atoms. The molecule has 0 unspecified atom stereocenters. The third-order valence-electron chi connectivity index (χ3n) is 3.01. The van der Waals surface area contributed by atoms with Crippen molar-refractivity contribution in [3.63, 3.8) is 0 Å². The van der Waals surface area contributed by atoms with Gasteiger partial charge in [-0.15, -0.1) is 0 Å². The smallest absolute Gasteiger partial charge is 0.163 e. The fraction of sp³-hybridized carbons (Fsp3) is 0.0667. The molecule has 0 fully saturated rings. The van der Waals surface area contributed by atoms with Crippen molar-refractivity contribution < 1.29 is 0 Å². The summed E-state index contributed by atoms with van der Waals surface area (Å²) >= 11 is 12.1. The highest BCUT2D eigenvalue weighted by atomic mass is 35.5. The van der Waals surface area contributed by atoms with E-state index in [1.165, 1.54) is 0 Å². The van der Waals surface area contributed by atoms with Gasteiger partial charge in [-0.3, -0.25) is 0 Å². The van der Waals surface area contributed by atoms with Crippen molar-refractivity contribution in [1.29, 1.82) is 0 Å². The maximum atomic E-state index is 6.23. The molecule has 0 aliphatic carbocycles. The van der Waals surface area contributed by atoms with E-state index in [0.717, 1.165) is 22.3 Å². The molecule has 0 radical (unpaired) electrons. The number of nitrogens with one attached hydrogen (secondary N) is 1. The van der Waals surface area contributed by atoms with Gasteiger partial charge in [-0.1, -0.05) is 35.3 Å². The molecular weight excluding hydrogens is 293 g/mol. The van der Waals surface area contributed by atoms with Crippen molar-refractivity contribution in [2.75, 3.05) is 12.4 Å². The van der Waals surface area contributed by atoms with E-state index in [1.54, 1.807) is 12.1 Å². The van der Waals surface area contributed by atoms with Gasteiger partial charge in [0.05, 0.1) is 10.5 Å². The number of anilines is 1. The van der Waals surface area contributed by atoms with Gasteiger partial charge in [0.2, 0.25) is 0 Å². The van der Waals surface area contributed by atoms with Gasteiger partial charge in [-0.05, 0) is 30.3 Å². The number of rotatable bonds is 2. The van der Waals surface area contributed by atoms with Crippen molar-refractivity contribution in [2.45, 2.75) is 0 Å². The third kappa shape index (κ3) is 2.30. The van der Waals surface area contributed by atoms with Crippen molar-refractivity contribution in [2.24, 2.45) is 0 Å². The second-order valence-corrected chi connectivity index (χ2v) is 5.13. The monoisotopic (exact) mass is 303 g/mol. The quantitative estimate of drug-likeness (QED) is 0.749. The molecule has 100 valence electrons. The van der Waals surface area contributed by atoms with Crippen LogP contribution in [0.4, 0.5) is 5.82 Å². The minimum absolute atomic E-state index is 0.537. The number of fused-ring (bicyclic) bond motifs is 1. The molecule has 3 nitrogen and oxygen atoms in total. The minimum Gasteiger partial charge on any atom is -0.373 e. The number of hydrogen-bond donors (Lipinski definition) is 1. The molecule has 3 rings (SSSR count). The predicted octanol–water partition coefficient (Wildman–Crippen LogP) is 4.65. The zero-order valence-electron chi connectivity index (χ0n) is 10.7. The van der Waals surface area contributed by atoms with Gasteiger partial charge < -0.3 is 5.32 Å². The van der Waals surface area contributed by atoms with Gasteiger partial charge in [-0.25, -0.2) is 9.97 Å². The number of halogens is 2. The largest absolute Gasteiger partial charge is 0.373 e. The molecule has 1 N–H and O–H groups in total. The lowest BCUT2D eigenvalue weighted by atomic mass is 10.2. The van der Waals surface area contributed by atoms with Crippen LogP contribution in [0.25, 0.3) is 22.3 Å². The Balaban J connectivity index is 2.26. The van der Waals surface area contributed by atoms with E-state index in [4.69, 9.17) is 23.2 Å². The lowest BCUT2D eigenvalue weighted by Gasteiger charge is -2.09. The summed E-state index contributed by atoms with van der Waals surface area (Å²) in [4.78, 5) is 9.10. The summed E-state index contributed by atoms with van der Waals surface area (Å²) in [7, 11) is 1.84. The second kappa shape index (κ2) is 5.27. The Labute approximate surface area is 126 Å². The Kier molecular flexibility index (Phi) is 3.47. The summed E-state index contributed by atoms with van der Waals surface area (Å²) in [5.41, 5.74) is 1.63. The fourth-order valence-corrected chi connectivity index (χ4v) is 2.55. The molecule has 0 saturated carbocycles. The molecular formula is C15H11Cl2N3. The van der Waals surface area contributed by atoms with Gasteiger partial charge in [0, 0.05) is 23.0 Å². The Morgan fingerprint density at radius 3 is 2.55 bits per heavy atom. The van der Waals surface area contributed by atoms with Crippen molar-refractivity contribution in [3.8, 4) is 11.4 Å². The molecule has 0 bridgehead atoms. The topological polar surface area (TPSA) is 37.8 Å². The van der Waals surface area contributed by atoms with E-state index < -0.39 is 0 Å². The van der Waals surface area contributed by atoms with E-state index in [2.05, 4.69) is 15.3 Å². The van der Waals surface area contributed by atoms with E-state index in [1.807, 2.05) is 37.4 Å². The molecule has 0 aliphatic rings. The zero-order valence-corrected chi connectivity index (χ0v) is 12.2. The first-order chi connectivity index (χ1) is 9.69. The van der Waals surface area contributed by atoms with Crippen LogP contribution in [0.15, 0.2) is 42.5 Å². The Morgan fingerprint density at radius 2 is 1.80 bits per heavy atom. The fourth-order valence-electron chi connectivity index (χ4n) is 2.06. The lowest BCUT2D eigenvalue weighted by Crippen LogP contribution is -1.98. The SMILES string of the molecule is CNc1nc(-c2ccc(Cl)cc2Cl)nc2ccccc12. The number of aromatic nitrogens is 2. The van der Waals surface area contributed by atoms with Gasteiger partial charge in [0.25, 0.3) is 0 Å². The molecule has 20 heavy (non-hydrogen) atoms. The van der Waals surface area contributed by atoms with Gasteiger partial charge in [0.1, 0.15) is 5.82 Å². The zero-order chi connectivity index (χ0) is 14.1.